The van der Waals surface area contributed by atoms with Crippen molar-refractivity contribution in [2.24, 2.45) is 0 Å². The molecule has 2 rings (SSSR count). The van der Waals surface area contributed by atoms with E-state index in [1.807, 2.05) is 30.3 Å². The zero-order valence-corrected chi connectivity index (χ0v) is 13.9. The lowest BCUT2D eigenvalue weighted by Crippen LogP contribution is -2.18. The lowest BCUT2D eigenvalue weighted by molar-refractivity contribution is 0.199. The Bertz CT molecular complexity index is 596. The minimum Gasteiger partial charge on any atom is -0.383 e. The second-order valence-corrected chi connectivity index (χ2v) is 6.10. The van der Waals surface area contributed by atoms with E-state index in [1.54, 1.807) is 13.3 Å². The smallest absolute Gasteiger partial charge is 0.119 e. The second kappa shape index (κ2) is 8.61. The maximum atomic E-state index is 6.33. The number of halogens is 2. The fourth-order valence-electron chi connectivity index (χ4n) is 1.75. The Morgan fingerprint density at radius 3 is 2.76 bits per heavy atom. The van der Waals surface area contributed by atoms with Gasteiger partial charge in [-0.1, -0.05) is 47.1 Å². The molecule has 1 aromatic carbocycles. The third-order valence-corrected chi connectivity index (χ3v) is 4.82. The molecule has 0 radical (unpaired) electrons. The van der Waals surface area contributed by atoms with Gasteiger partial charge in [0.15, 0.2) is 0 Å². The Morgan fingerprint density at radius 1 is 1.19 bits per heavy atom. The van der Waals surface area contributed by atoms with Gasteiger partial charge in [-0.3, -0.25) is 0 Å². The van der Waals surface area contributed by atoms with E-state index in [1.165, 1.54) is 11.8 Å². The summed E-state index contributed by atoms with van der Waals surface area (Å²) in [5, 5.41) is 5.40. The highest BCUT2D eigenvalue weighted by Crippen LogP contribution is 2.37. The van der Waals surface area contributed by atoms with Crippen LogP contribution in [0.25, 0.3) is 0 Å². The summed E-state index contributed by atoms with van der Waals surface area (Å²) in [6.45, 7) is 2.18. The Kier molecular flexibility index (Phi) is 6.80. The van der Waals surface area contributed by atoms with Gasteiger partial charge in [0, 0.05) is 31.3 Å². The summed E-state index contributed by atoms with van der Waals surface area (Å²) in [6, 6.07) is 9.50. The summed E-state index contributed by atoms with van der Waals surface area (Å²) in [6.07, 6.45) is 1.72. The molecule has 3 nitrogen and oxygen atoms in total. The summed E-state index contributed by atoms with van der Waals surface area (Å²) in [7, 11) is 1.69. The summed E-state index contributed by atoms with van der Waals surface area (Å²) < 4.78 is 5.02. The highest BCUT2D eigenvalue weighted by atomic mass is 35.5. The Hall–Kier alpha value is -0.780. The number of nitrogens with one attached hydrogen (secondary N) is 1. The third kappa shape index (κ3) is 4.87. The van der Waals surface area contributed by atoms with Crippen LogP contribution < -0.4 is 5.32 Å². The summed E-state index contributed by atoms with van der Waals surface area (Å²) in [5.74, 6) is 0. The molecule has 1 aromatic heterocycles. The molecule has 0 saturated heterocycles. The molecule has 0 saturated carbocycles. The fraction of sp³-hybridized carbons (Fsp3) is 0.267. The monoisotopic (exact) mass is 342 g/mol. The lowest BCUT2D eigenvalue weighted by atomic mass is 10.2. The second-order valence-electron chi connectivity index (χ2n) is 4.29. The van der Waals surface area contributed by atoms with Crippen molar-refractivity contribution in [2.75, 3.05) is 20.3 Å². The average molecular weight is 343 g/mol. The molecule has 21 heavy (non-hydrogen) atoms. The van der Waals surface area contributed by atoms with E-state index in [2.05, 4.69) is 10.3 Å². The summed E-state index contributed by atoms with van der Waals surface area (Å²) in [5.41, 5.74) is 1.12. The van der Waals surface area contributed by atoms with E-state index in [-0.39, 0.29) is 0 Å². The Balaban J connectivity index is 2.16. The van der Waals surface area contributed by atoms with Gasteiger partial charge in [-0.05, 0) is 23.8 Å². The number of hydrogen-bond acceptors (Lipinski definition) is 4. The molecule has 1 N–H and O–H groups in total. The van der Waals surface area contributed by atoms with Crippen molar-refractivity contribution in [3.8, 4) is 0 Å². The molecule has 2 aromatic rings. The van der Waals surface area contributed by atoms with Crippen LogP contribution in [0.15, 0.2) is 46.5 Å². The first-order valence-electron chi connectivity index (χ1n) is 6.47. The van der Waals surface area contributed by atoms with Gasteiger partial charge in [-0.2, -0.15) is 0 Å². The molecule has 0 unspecified atom stereocenters. The molecular formula is C15H16Cl2N2OS. The van der Waals surface area contributed by atoms with Crippen molar-refractivity contribution >= 4 is 35.0 Å². The van der Waals surface area contributed by atoms with Gasteiger partial charge in [0.25, 0.3) is 0 Å². The SMILES string of the molecule is COCCNCc1cccc(Cl)c1Sc1ncccc1Cl. The zero-order chi connectivity index (χ0) is 15.1. The predicted octanol–water partition coefficient (Wildman–Crippen LogP) is 4.28. The van der Waals surface area contributed by atoms with E-state index in [9.17, 15) is 0 Å². The minimum absolute atomic E-state index is 0.626. The molecule has 6 heteroatoms. The number of ether oxygens (including phenoxy) is 1. The number of rotatable bonds is 7. The highest BCUT2D eigenvalue weighted by molar-refractivity contribution is 7.99. The van der Waals surface area contributed by atoms with Gasteiger partial charge in [-0.15, -0.1) is 0 Å². The van der Waals surface area contributed by atoms with Crippen molar-refractivity contribution in [1.29, 1.82) is 0 Å². The Labute approximate surface area is 139 Å². The van der Waals surface area contributed by atoms with Crippen molar-refractivity contribution < 1.29 is 4.74 Å². The zero-order valence-electron chi connectivity index (χ0n) is 11.6. The molecule has 0 aliphatic heterocycles. The van der Waals surface area contributed by atoms with Crippen LogP contribution >= 0.6 is 35.0 Å². The van der Waals surface area contributed by atoms with Crippen molar-refractivity contribution in [3.05, 3.63) is 52.1 Å². The Morgan fingerprint density at radius 2 is 2.00 bits per heavy atom. The molecule has 0 fully saturated rings. The first-order valence-corrected chi connectivity index (χ1v) is 8.05. The van der Waals surface area contributed by atoms with Crippen LogP contribution in [-0.2, 0) is 11.3 Å². The van der Waals surface area contributed by atoms with Crippen LogP contribution in [0.5, 0.6) is 0 Å². The number of nitrogens with zero attached hydrogens (tertiary/aromatic N) is 1. The summed E-state index contributed by atoms with van der Waals surface area (Å²) in [4.78, 5) is 5.27. The average Bonchev–Trinajstić information content (AvgIpc) is 2.49. The van der Waals surface area contributed by atoms with Gasteiger partial charge in [0.2, 0.25) is 0 Å². The number of hydrogen-bond donors (Lipinski definition) is 1. The van der Waals surface area contributed by atoms with Crippen LogP contribution in [-0.4, -0.2) is 25.2 Å². The van der Waals surface area contributed by atoms with Gasteiger partial charge < -0.3 is 10.1 Å². The normalized spacial score (nSPS) is 10.8. The third-order valence-electron chi connectivity index (χ3n) is 2.77. The molecule has 0 amide bonds. The van der Waals surface area contributed by atoms with Gasteiger partial charge in [0.05, 0.1) is 16.7 Å². The standard InChI is InChI=1S/C15H16Cl2N2OS/c1-20-9-8-18-10-11-4-2-5-12(16)14(11)21-15-13(17)6-3-7-19-15/h2-7,18H,8-10H2,1H3. The van der Waals surface area contributed by atoms with E-state index in [0.29, 0.717) is 16.7 Å². The van der Waals surface area contributed by atoms with Crippen LogP contribution in [0, 0.1) is 0 Å². The van der Waals surface area contributed by atoms with Crippen LogP contribution in [0.1, 0.15) is 5.56 Å². The molecule has 1 heterocycles. The molecule has 0 bridgehead atoms. The van der Waals surface area contributed by atoms with E-state index in [4.69, 9.17) is 27.9 Å². The van der Waals surface area contributed by atoms with Gasteiger partial charge >= 0.3 is 0 Å². The molecule has 0 aliphatic rings. The first-order chi connectivity index (χ1) is 10.2. The summed E-state index contributed by atoms with van der Waals surface area (Å²) >= 11 is 14.0. The largest absolute Gasteiger partial charge is 0.383 e. The number of pyridine rings is 1. The maximum Gasteiger partial charge on any atom is 0.119 e. The molecular weight excluding hydrogens is 327 g/mol. The van der Waals surface area contributed by atoms with Crippen molar-refractivity contribution in [3.63, 3.8) is 0 Å². The molecule has 0 aliphatic carbocycles. The van der Waals surface area contributed by atoms with Crippen molar-refractivity contribution in [1.82, 2.24) is 10.3 Å². The minimum atomic E-state index is 0.626. The van der Waals surface area contributed by atoms with Gasteiger partial charge in [-0.25, -0.2) is 4.98 Å². The van der Waals surface area contributed by atoms with Crippen LogP contribution in [0.3, 0.4) is 0 Å². The van der Waals surface area contributed by atoms with Crippen LogP contribution in [0.2, 0.25) is 10.0 Å². The highest BCUT2D eigenvalue weighted by Gasteiger charge is 2.11. The predicted molar refractivity (Wildman–Crippen MR) is 88.4 cm³/mol. The topological polar surface area (TPSA) is 34.1 Å². The first kappa shape index (κ1) is 16.6. The molecule has 0 atom stereocenters. The van der Waals surface area contributed by atoms with E-state index >= 15 is 0 Å². The molecule has 0 spiro atoms. The van der Waals surface area contributed by atoms with Gasteiger partial charge in [0.1, 0.15) is 5.03 Å². The maximum absolute atomic E-state index is 6.33. The van der Waals surface area contributed by atoms with Crippen molar-refractivity contribution in [2.45, 2.75) is 16.5 Å². The number of aromatic nitrogens is 1. The quantitative estimate of drug-likeness (QED) is 0.761. The molecule has 112 valence electrons. The fourth-order valence-corrected chi connectivity index (χ4v) is 3.20. The number of benzene rings is 1. The van der Waals surface area contributed by atoms with E-state index in [0.717, 1.165) is 28.6 Å². The number of methoxy groups -OCH3 is 1. The lowest BCUT2D eigenvalue weighted by Gasteiger charge is -2.12. The van der Waals surface area contributed by atoms with Crippen LogP contribution in [0.4, 0.5) is 0 Å². The van der Waals surface area contributed by atoms with E-state index < -0.39 is 0 Å².